The molecular weight excluding hydrogens is 374 g/mol. The van der Waals surface area contributed by atoms with Crippen LogP contribution in [0, 0.1) is 0 Å². The van der Waals surface area contributed by atoms with Crippen molar-refractivity contribution in [2.24, 2.45) is 0 Å². The molecular formula is C20H23N5O2S. The molecule has 0 radical (unpaired) electrons. The number of carbonyl (C=O) groups is 1. The molecule has 7 nitrogen and oxygen atoms in total. The minimum Gasteiger partial charge on any atom is -0.497 e. The Morgan fingerprint density at radius 2 is 1.79 bits per heavy atom. The van der Waals surface area contributed by atoms with Gasteiger partial charge in [0.05, 0.1) is 12.6 Å². The number of aromatic nitrogens is 4. The average molecular weight is 398 g/mol. The summed E-state index contributed by atoms with van der Waals surface area (Å²) in [6, 6.07) is 16.8. The van der Waals surface area contributed by atoms with Gasteiger partial charge in [-0.2, -0.15) is 0 Å². The van der Waals surface area contributed by atoms with Crippen LogP contribution in [0.5, 0.6) is 5.75 Å². The molecule has 0 spiro atoms. The van der Waals surface area contributed by atoms with Gasteiger partial charge in [0.2, 0.25) is 11.1 Å². The largest absolute Gasteiger partial charge is 0.497 e. The van der Waals surface area contributed by atoms with E-state index in [1.54, 1.807) is 23.9 Å². The molecule has 1 atom stereocenters. The van der Waals surface area contributed by atoms with Crippen molar-refractivity contribution in [3.8, 4) is 5.75 Å². The van der Waals surface area contributed by atoms with Crippen LogP contribution < -0.4 is 10.1 Å². The number of anilines is 1. The van der Waals surface area contributed by atoms with E-state index in [1.807, 2.05) is 63.2 Å². The fraction of sp³-hybridized carbons (Fsp3) is 0.300. The van der Waals surface area contributed by atoms with Gasteiger partial charge >= 0.3 is 0 Å². The van der Waals surface area contributed by atoms with E-state index in [4.69, 9.17) is 4.74 Å². The van der Waals surface area contributed by atoms with Crippen LogP contribution in [0.1, 0.15) is 31.6 Å². The lowest BCUT2D eigenvalue weighted by Gasteiger charge is -2.22. The van der Waals surface area contributed by atoms with Gasteiger partial charge in [0, 0.05) is 5.69 Å². The van der Waals surface area contributed by atoms with Crippen molar-refractivity contribution in [1.29, 1.82) is 0 Å². The molecule has 1 aromatic heterocycles. The normalized spacial score (nSPS) is 12.4. The molecule has 0 saturated carbocycles. The standard InChI is InChI=1S/C20H23N5O2S/c1-20(2,3)25-19(22-23-24-25)28-17(14-8-6-5-7-9-14)18(26)21-15-10-12-16(27-4)13-11-15/h5-13,17H,1-4H3,(H,21,26). The number of carbonyl (C=O) groups excluding carboxylic acids is 1. The summed E-state index contributed by atoms with van der Waals surface area (Å²) in [5.41, 5.74) is 1.28. The molecule has 1 heterocycles. The number of amides is 1. The third-order valence-electron chi connectivity index (χ3n) is 4.00. The highest BCUT2D eigenvalue weighted by Gasteiger charge is 2.28. The number of nitrogens with zero attached hydrogens (tertiary/aromatic N) is 4. The lowest BCUT2D eigenvalue weighted by molar-refractivity contribution is -0.115. The summed E-state index contributed by atoms with van der Waals surface area (Å²) in [5.74, 6) is 0.584. The lowest BCUT2D eigenvalue weighted by Crippen LogP contribution is -2.25. The summed E-state index contributed by atoms with van der Waals surface area (Å²) >= 11 is 1.33. The van der Waals surface area contributed by atoms with Gasteiger partial charge in [0.25, 0.3) is 0 Å². The van der Waals surface area contributed by atoms with E-state index in [-0.39, 0.29) is 11.4 Å². The SMILES string of the molecule is COc1ccc(NC(=O)C(Sc2nnnn2C(C)(C)C)c2ccccc2)cc1. The van der Waals surface area contributed by atoms with Crippen molar-refractivity contribution in [3.63, 3.8) is 0 Å². The summed E-state index contributed by atoms with van der Waals surface area (Å²) in [4.78, 5) is 13.1. The van der Waals surface area contributed by atoms with Crippen LogP contribution in [0.2, 0.25) is 0 Å². The second-order valence-corrected chi connectivity index (χ2v) is 8.24. The van der Waals surface area contributed by atoms with Crippen LogP contribution in [0.3, 0.4) is 0 Å². The molecule has 0 aliphatic rings. The zero-order valence-corrected chi connectivity index (χ0v) is 17.1. The van der Waals surface area contributed by atoms with Gasteiger partial charge < -0.3 is 10.1 Å². The topological polar surface area (TPSA) is 81.9 Å². The Hall–Kier alpha value is -2.87. The molecule has 1 unspecified atom stereocenters. The first-order valence-electron chi connectivity index (χ1n) is 8.84. The highest BCUT2D eigenvalue weighted by atomic mass is 32.2. The number of benzene rings is 2. The summed E-state index contributed by atoms with van der Waals surface area (Å²) < 4.78 is 6.89. The first-order chi connectivity index (χ1) is 13.4. The number of thioether (sulfide) groups is 1. The van der Waals surface area contributed by atoms with Crippen molar-refractivity contribution >= 4 is 23.4 Å². The van der Waals surface area contributed by atoms with E-state index in [1.165, 1.54) is 11.8 Å². The molecule has 0 bridgehead atoms. The molecule has 28 heavy (non-hydrogen) atoms. The third-order valence-corrected chi connectivity index (χ3v) is 5.18. The van der Waals surface area contributed by atoms with Crippen LogP contribution in [0.25, 0.3) is 0 Å². The second kappa shape index (κ2) is 8.43. The first kappa shape index (κ1) is 19.9. The molecule has 3 aromatic rings. The van der Waals surface area contributed by atoms with Gasteiger partial charge in [-0.05, 0) is 61.0 Å². The number of rotatable bonds is 6. The Morgan fingerprint density at radius 3 is 2.39 bits per heavy atom. The monoisotopic (exact) mass is 397 g/mol. The summed E-state index contributed by atoms with van der Waals surface area (Å²) in [6.07, 6.45) is 0. The maximum Gasteiger partial charge on any atom is 0.242 e. The second-order valence-electron chi connectivity index (χ2n) is 7.17. The molecule has 3 rings (SSSR count). The highest BCUT2D eigenvalue weighted by molar-refractivity contribution is 8.00. The van der Waals surface area contributed by atoms with Crippen molar-refractivity contribution in [3.05, 3.63) is 60.2 Å². The molecule has 0 aliphatic carbocycles. The van der Waals surface area contributed by atoms with Crippen LogP contribution in [-0.4, -0.2) is 33.2 Å². The molecule has 0 saturated heterocycles. The quantitative estimate of drug-likeness (QED) is 0.635. The van der Waals surface area contributed by atoms with Crippen LogP contribution in [-0.2, 0) is 10.3 Å². The summed E-state index contributed by atoms with van der Waals surface area (Å²) in [5, 5.41) is 15.1. The fourth-order valence-electron chi connectivity index (χ4n) is 2.56. The number of hydrogen-bond donors (Lipinski definition) is 1. The zero-order chi connectivity index (χ0) is 20.1. The fourth-order valence-corrected chi connectivity index (χ4v) is 3.73. The molecule has 1 N–H and O–H groups in total. The van der Waals surface area contributed by atoms with E-state index in [0.717, 1.165) is 11.3 Å². The molecule has 0 fully saturated rings. The minimum atomic E-state index is -0.504. The van der Waals surface area contributed by atoms with Crippen molar-refractivity contribution in [2.45, 2.75) is 36.7 Å². The predicted octanol–water partition coefficient (Wildman–Crippen LogP) is 3.91. The Bertz CT molecular complexity index is 920. The van der Waals surface area contributed by atoms with E-state index in [2.05, 4.69) is 20.8 Å². The van der Waals surface area contributed by atoms with Crippen LogP contribution in [0.4, 0.5) is 5.69 Å². The molecule has 8 heteroatoms. The Morgan fingerprint density at radius 1 is 1.11 bits per heavy atom. The molecule has 0 aliphatic heterocycles. The molecule has 2 aromatic carbocycles. The van der Waals surface area contributed by atoms with Gasteiger partial charge in [-0.3, -0.25) is 4.79 Å². The number of tetrazole rings is 1. The van der Waals surface area contributed by atoms with E-state index in [0.29, 0.717) is 10.8 Å². The molecule has 1 amide bonds. The third kappa shape index (κ3) is 4.69. The predicted molar refractivity (Wildman–Crippen MR) is 109 cm³/mol. The smallest absolute Gasteiger partial charge is 0.242 e. The average Bonchev–Trinajstić information content (AvgIpc) is 3.16. The summed E-state index contributed by atoms with van der Waals surface area (Å²) in [7, 11) is 1.61. The minimum absolute atomic E-state index is 0.148. The molecule has 146 valence electrons. The zero-order valence-electron chi connectivity index (χ0n) is 16.3. The van der Waals surface area contributed by atoms with Crippen molar-refractivity contribution in [2.75, 3.05) is 12.4 Å². The van der Waals surface area contributed by atoms with E-state index < -0.39 is 5.25 Å². The Balaban J connectivity index is 1.87. The summed E-state index contributed by atoms with van der Waals surface area (Å²) in [6.45, 7) is 6.05. The van der Waals surface area contributed by atoms with E-state index in [9.17, 15) is 4.79 Å². The first-order valence-corrected chi connectivity index (χ1v) is 9.72. The van der Waals surface area contributed by atoms with E-state index >= 15 is 0 Å². The van der Waals surface area contributed by atoms with Gasteiger partial charge in [0.15, 0.2) is 0 Å². The van der Waals surface area contributed by atoms with Crippen LogP contribution in [0.15, 0.2) is 59.8 Å². The van der Waals surface area contributed by atoms with Crippen LogP contribution >= 0.6 is 11.8 Å². The Labute approximate surface area is 168 Å². The highest BCUT2D eigenvalue weighted by Crippen LogP contribution is 2.36. The maximum atomic E-state index is 13.1. The van der Waals surface area contributed by atoms with Crippen molar-refractivity contribution < 1.29 is 9.53 Å². The Kier molecular flexibility index (Phi) is 5.99. The number of hydrogen-bond acceptors (Lipinski definition) is 6. The number of methoxy groups -OCH3 is 1. The lowest BCUT2D eigenvalue weighted by atomic mass is 10.1. The van der Waals surface area contributed by atoms with Gasteiger partial charge in [0.1, 0.15) is 11.0 Å². The maximum absolute atomic E-state index is 13.1. The van der Waals surface area contributed by atoms with Gasteiger partial charge in [-0.25, -0.2) is 4.68 Å². The van der Waals surface area contributed by atoms with Gasteiger partial charge in [-0.1, -0.05) is 42.1 Å². The van der Waals surface area contributed by atoms with Gasteiger partial charge in [-0.15, -0.1) is 5.10 Å². The number of ether oxygens (including phenoxy) is 1. The van der Waals surface area contributed by atoms with Crippen molar-refractivity contribution in [1.82, 2.24) is 20.2 Å². The number of nitrogens with one attached hydrogen (secondary N) is 1.